The maximum Gasteiger partial charge on any atom is 0.251 e. The average molecular weight is 361 g/mol. The summed E-state index contributed by atoms with van der Waals surface area (Å²) in [6.07, 6.45) is 5.57. The van der Waals surface area contributed by atoms with Crippen molar-refractivity contribution in [3.05, 3.63) is 78.4 Å². The summed E-state index contributed by atoms with van der Waals surface area (Å²) in [5.74, 6) is -0.0553. The lowest BCUT2D eigenvalue weighted by molar-refractivity contribution is 0.0938. The summed E-state index contributed by atoms with van der Waals surface area (Å²) in [4.78, 5) is 19.0. The van der Waals surface area contributed by atoms with Crippen molar-refractivity contribution in [2.75, 3.05) is 19.6 Å². The highest BCUT2D eigenvalue weighted by Crippen LogP contribution is 2.24. The number of hydrogen-bond acceptors (Lipinski definition) is 4. The fourth-order valence-electron chi connectivity index (χ4n) is 3.58. The van der Waals surface area contributed by atoms with Gasteiger partial charge in [0.25, 0.3) is 5.91 Å². The second-order valence-corrected chi connectivity index (χ2v) is 6.77. The van der Waals surface area contributed by atoms with E-state index in [0.717, 1.165) is 18.8 Å². The van der Waals surface area contributed by atoms with Crippen molar-refractivity contribution < 1.29 is 4.79 Å². The number of rotatable bonds is 6. The highest BCUT2D eigenvalue weighted by atomic mass is 16.1. The van der Waals surface area contributed by atoms with Crippen molar-refractivity contribution >= 4 is 5.91 Å². The molecule has 1 aliphatic heterocycles. The minimum Gasteiger partial charge on any atom is -0.350 e. The Morgan fingerprint density at radius 1 is 1.04 bits per heavy atom. The zero-order valence-corrected chi connectivity index (χ0v) is 15.2. The number of nitrogens with zero attached hydrogens (tertiary/aromatic N) is 4. The van der Waals surface area contributed by atoms with Gasteiger partial charge in [0.15, 0.2) is 0 Å². The Morgan fingerprint density at radius 2 is 1.78 bits per heavy atom. The third kappa shape index (κ3) is 4.06. The van der Waals surface area contributed by atoms with Gasteiger partial charge in [-0.3, -0.25) is 9.69 Å². The van der Waals surface area contributed by atoms with Gasteiger partial charge in [0, 0.05) is 12.1 Å². The molecule has 0 bridgehead atoms. The number of hydrogen-bond donors (Lipinski definition) is 1. The van der Waals surface area contributed by atoms with Crippen LogP contribution in [-0.2, 0) is 0 Å². The molecule has 1 N–H and O–H groups in total. The molecular weight excluding hydrogens is 338 g/mol. The van der Waals surface area contributed by atoms with Gasteiger partial charge in [-0.2, -0.15) is 5.10 Å². The Labute approximate surface area is 158 Å². The Bertz CT molecular complexity index is 855. The second kappa shape index (κ2) is 8.14. The van der Waals surface area contributed by atoms with Crippen molar-refractivity contribution in [3.8, 4) is 5.69 Å². The predicted molar refractivity (Wildman–Crippen MR) is 104 cm³/mol. The monoisotopic (exact) mass is 361 g/mol. The fraction of sp³-hybridized carbons (Fsp3) is 0.286. The summed E-state index contributed by atoms with van der Waals surface area (Å²) in [5, 5.41) is 7.21. The third-order valence-electron chi connectivity index (χ3n) is 5.03. The van der Waals surface area contributed by atoms with E-state index in [9.17, 15) is 4.79 Å². The van der Waals surface area contributed by atoms with E-state index in [1.54, 1.807) is 11.0 Å². The van der Waals surface area contributed by atoms with Crippen molar-refractivity contribution in [3.63, 3.8) is 0 Å². The van der Waals surface area contributed by atoms with Crippen LogP contribution in [0.2, 0.25) is 0 Å². The summed E-state index contributed by atoms with van der Waals surface area (Å²) in [6, 6.07) is 18.0. The molecule has 0 saturated carbocycles. The summed E-state index contributed by atoms with van der Waals surface area (Å²) in [7, 11) is 0. The van der Waals surface area contributed by atoms with Gasteiger partial charge in [0.05, 0.1) is 11.7 Å². The Hall–Kier alpha value is -2.99. The molecule has 1 atom stereocenters. The molecule has 2 aromatic carbocycles. The van der Waals surface area contributed by atoms with E-state index in [-0.39, 0.29) is 11.9 Å². The first-order valence-electron chi connectivity index (χ1n) is 9.33. The van der Waals surface area contributed by atoms with Gasteiger partial charge < -0.3 is 5.32 Å². The van der Waals surface area contributed by atoms with Gasteiger partial charge in [-0.15, -0.1) is 0 Å². The first kappa shape index (κ1) is 17.4. The Balaban J connectivity index is 1.43. The zero-order valence-electron chi connectivity index (χ0n) is 15.2. The molecule has 0 radical (unpaired) electrons. The molecule has 4 rings (SSSR count). The standard InChI is InChI=1S/C21H23N5O/c27-21(18-8-10-19(11-9-18)26-16-22-15-24-26)23-14-20(25-12-4-5-13-25)17-6-2-1-3-7-17/h1-3,6-11,15-16,20H,4-5,12-14H2,(H,23,27). The molecule has 3 aromatic rings. The normalized spacial score (nSPS) is 15.6. The topological polar surface area (TPSA) is 63.1 Å². The SMILES string of the molecule is O=C(NCC(c1ccccc1)N1CCCC1)c1ccc(-n2cncn2)cc1. The van der Waals surface area contributed by atoms with Crippen molar-refractivity contribution in [1.29, 1.82) is 0 Å². The highest BCUT2D eigenvalue weighted by molar-refractivity contribution is 5.94. The van der Waals surface area contributed by atoms with Gasteiger partial charge in [-0.05, 0) is 55.8 Å². The van der Waals surface area contributed by atoms with Crippen LogP contribution in [0.15, 0.2) is 67.3 Å². The van der Waals surface area contributed by atoms with E-state index in [1.807, 2.05) is 30.3 Å². The summed E-state index contributed by atoms with van der Waals surface area (Å²) in [5.41, 5.74) is 2.77. The second-order valence-electron chi connectivity index (χ2n) is 6.77. The van der Waals surface area contributed by atoms with Crippen LogP contribution in [0.3, 0.4) is 0 Å². The van der Waals surface area contributed by atoms with Crippen LogP contribution in [0, 0.1) is 0 Å². The van der Waals surface area contributed by atoms with E-state index in [1.165, 1.54) is 24.7 Å². The Kier molecular flexibility index (Phi) is 5.25. The largest absolute Gasteiger partial charge is 0.350 e. The lowest BCUT2D eigenvalue weighted by atomic mass is 10.1. The predicted octanol–water partition coefficient (Wildman–Crippen LogP) is 2.83. The summed E-state index contributed by atoms with van der Waals surface area (Å²) < 4.78 is 1.67. The van der Waals surface area contributed by atoms with Crippen LogP contribution in [0.25, 0.3) is 5.69 Å². The van der Waals surface area contributed by atoms with Gasteiger partial charge in [0.1, 0.15) is 12.7 Å². The molecule has 0 aliphatic carbocycles. The maximum absolute atomic E-state index is 12.6. The van der Waals surface area contributed by atoms with Gasteiger partial charge >= 0.3 is 0 Å². The number of carbonyl (C=O) groups is 1. The van der Waals surface area contributed by atoms with Crippen LogP contribution in [0.1, 0.15) is 34.8 Å². The van der Waals surface area contributed by atoms with Crippen molar-refractivity contribution in [1.82, 2.24) is 25.0 Å². The van der Waals surface area contributed by atoms with E-state index >= 15 is 0 Å². The first-order valence-corrected chi connectivity index (χ1v) is 9.33. The number of benzene rings is 2. The molecule has 1 amide bonds. The molecule has 2 heterocycles. The quantitative estimate of drug-likeness (QED) is 0.733. The number of aromatic nitrogens is 3. The zero-order chi connectivity index (χ0) is 18.5. The molecule has 6 heteroatoms. The van der Waals surface area contributed by atoms with Crippen LogP contribution >= 0.6 is 0 Å². The van der Waals surface area contributed by atoms with Gasteiger partial charge in [-0.25, -0.2) is 9.67 Å². The molecule has 0 spiro atoms. The lowest BCUT2D eigenvalue weighted by Crippen LogP contribution is -2.36. The lowest BCUT2D eigenvalue weighted by Gasteiger charge is -2.28. The Morgan fingerprint density at radius 3 is 2.44 bits per heavy atom. The smallest absolute Gasteiger partial charge is 0.251 e. The molecule has 1 saturated heterocycles. The third-order valence-corrected chi connectivity index (χ3v) is 5.03. The van der Waals surface area contributed by atoms with E-state index < -0.39 is 0 Å². The maximum atomic E-state index is 12.6. The summed E-state index contributed by atoms with van der Waals surface area (Å²) in [6.45, 7) is 2.78. The molecule has 1 aromatic heterocycles. The minimum absolute atomic E-state index is 0.0553. The van der Waals surface area contributed by atoms with E-state index in [4.69, 9.17) is 0 Å². The molecular formula is C21H23N5O. The van der Waals surface area contributed by atoms with E-state index in [0.29, 0.717) is 12.1 Å². The average Bonchev–Trinajstić information content (AvgIpc) is 3.43. The number of carbonyl (C=O) groups excluding carboxylic acids is 1. The number of likely N-dealkylation sites (tertiary alicyclic amines) is 1. The van der Waals surface area contributed by atoms with Crippen LogP contribution < -0.4 is 5.32 Å². The molecule has 1 aliphatic rings. The van der Waals surface area contributed by atoms with Crippen LogP contribution in [0.5, 0.6) is 0 Å². The molecule has 1 fully saturated rings. The molecule has 138 valence electrons. The van der Waals surface area contributed by atoms with Crippen molar-refractivity contribution in [2.24, 2.45) is 0 Å². The number of nitrogens with one attached hydrogen (secondary N) is 1. The van der Waals surface area contributed by atoms with Gasteiger partial charge in [0.2, 0.25) is 0 Å². The van der Waals surface area contributed by atoms with Crippen molar-refractivity contribution in [2.45, 2.75) is 18.9 Å². The fourth-order valence-corrected chi connectivity index (χ4v) is 3.58. The minimum atomic E-state index is -0.0553. The first-order chi connectivity index (χ1) is 13.3. The van der Waals surface area contributed by atoms with Crippen LogP contribution in [-0.4, -0.2) is 45.2 Å². The van der Waals surface area contributed by atoms with Crippen LogP contribution in [0.4, 0.5) is 0 Å². The molecule has 6 nitrogen and oxygen atoms in total. The molecule has 27 heavy (non-hydrogen) atoms. The van der Waals surface area contributed by atoms with Gasteiger partial charge in [-0.1, -0.05) is 30.3 Å². The van der Waals surface area contributed by atoms with E-state index in [2.05, 4.69) is 44.6 Å². The highest BCUT2D eigenvalue weighted by Gasteiger charge is 2.23. The number of amides is 1. The molecule has 1 unspecified atom stereocenters. The summed E-state index contributed by atoms with van der Waals surface area (Å²) >= 11 is 0.